The highest BCUT2D eigenvalue weighted by Gasteiger charge is 2.07. The van der Waals surface area contributed by atoms with Gasteiger partial charge in [-0.3, -0.25) is 0 Å². The third-order valence-electron chi connectivity index (χ3n) is 2.81. The first-order valence-electron chi connectivity index (χ1n) is 5.95. The summed E-state index contributed by atoms with van der Waals surface area (Å²) in [6.07, 6.45) is 0. The van der Waals surface area contributed by atoms with Crippen LogP contribution >= 0.6 is 23.4 Å². The third kappa shape index (κ3) is 2.94. The number of aromatic nitrogens is 1. The van der Waals surface area contributed by atoms with Crippen LogP contribution in [0.1, 0.15) is 11.1 Å². The van der Waals surface area contributed by atoms with Crippen molar-refractivity contribution < 1.29 is 4.42 Å². The van der Waals surface area contributed by atoms with Gasteiger partial charge in [0.25, 0.3) is 5.22 Å². The van der Waals surface area contributed by atoms with Crippen molar-refractivity contribution in [1.29, 1.82) is 0 Å². The number of hydrogen-bond donors (Lipinski definition) is 0. The molecule has 0 spiro atoms. The monoisotopic (exact) mass is 289 g/mol. The van der Waals surface area contributed by atoms with Crippen LogP contribution in [0.5, 0.6) is 0 Å². The van der Waals surface area contributed by atoms with Crippen LogP contribution in [0, 0.1) is 6.92 Å². The van der Waals surface area contributed by atoms with E-state index >= 15 is 0 Å². The molecule has 1 aromatic heterocycles. The Morgan fingerprint density at radius 3 is 2.74 bits per heavy atom. The molecule has 0 saturated carbocycles. The predicted molar refractivity (Wildman–Crippen MR) is 79.8 cm³/mol. The lowest BCUT2D eigenvalue weighted by molar-refractivity contribution is 0.489. The highest BCUT2D eigenvalue weighted by molar-refractivity contribution is 7.98. The quantitative estimate of drug-likeness (QED) is 0.629. The van der Waals surface area contributed by atoms with Crippen molar-refractivity contribution in [3.8, 4) is 0 Å². The Hall–Kier alpha value is -1.45. The van der Waals surface area contributed by atoms with Crippen LogP contribution in [0.3, 0.4) is 0 Å². The summed E-state index contributed by atoms with van der Waals surface area (Å²) in [6.45, 7) is 2.08. The molecule has 0 N–H and O–H groups in total. The average Bonchev–Trinajstić information content (AvgIpc) is 2.80. The highest BCUT2D eigenvalue weighted by Crippen LogP contribution is 2.27. The summed E-state index contributed by atoms with van der Waals surface area (Å²) < 4.78 is 5.66. The zero-order valence-corrected chi connectivity index (χ0v) is 12.0. The molecule has 0 unspecified atom stereocenters. The number of oxazole rings is 1. The molecule has 1 heterocycles. The molecule has 96 valence electrons. The van der Waals surface area contributed by atoms with E-state index in [0.717, 1.165) is 16.9 Å². The number of nitrogens with zero attached hydrogens (tertiary/aromatic N) is 1. The van der Waals surface area contributed by atoms with E-state index < -0.39 is 0 Å². The number of halogens is 1. The van der Waals surface area contributed by atoms with E-state index in [2.05, 4.69) is 36.2 Å². The molecule has 2 aromatic carbocycles. The average molecular weight is 290 g/mol. The second-order valence-electron chi connectivity index (χ2n) is 4.37. The summed E-state index contributed by atoms with van der Waals surface area (Å²) in [5.41, 5.74) is 4.11. The Kier molecular flexibility index (Phi) is 3.49. The van der Waals surface area contributed by atoms with E-state index in [1.807, 2.05) is 18.2 Å². The molecule has 3 aromatic rings. The zero-order chi connectivity index (χ0) is 13.2. The maximum atomic E-state index is 5.93. The molecule has 0 aliphatic carbocycles. The lowest BCUT2D eigenvalue weighted by Gasteiger charge is -1.98. The molecular formula is C15H12ClNOS. The minimum Gasteiger partial charge on any atom is -0.431 e. The molecule has 0 fully saturated rings. The second kappa shape index (κ2) is 5.27. The Bertz CT molecular complexity index is 706. The van der Waals surface area contributed by atoms with Gasteiger partial charge in [-0.25, -0.2) is 4.98 Å². The molecule has 3 rings (SSSR count). The lowest BCUT2D eigenvalue weighted by atomic mass is 10.2. The SMILES string of the molecule is Cc1ccc(CSc2nc3cc(Cl)ccc3o2)cc1. The number of hydrogen-bond acceptors (Lipinski definition) is 3. The topological polar surface area (TPSA) is 26.0 Å². The Labute approximate surface area is 120 Å². The van der Waals surface area contributed by atoms with Crippen LogP contribution < -0.4 is 0 Å². The molecule has 19 heavy (non-hydrogen) atoms. The van der Waals surface area contributed by atoms with Gasteiger partial charge in [0.1, 0.15) is 5.52 Å². The molecule has 0 amide bonds. The van der Waals surface area contributed by atoms with Gasteiger partial charge in [-0.15, -0.1) is 0 Å². The number of thioether (sulfide) groups is 1. The second-order valence-corrected chi connectivity index (χ2v) is 5.73. The van der Waals surface area contributed by atoms with Crippen LogP contribution in [-0.4, -0.2) is 4.98 Å². The molecule has 0 radical (unpaired) electrons. The largest absolute Gasteiger partial charge is 0.431 e. The number of fused-ring (bicyclic) bond motifs is 1. The van der Waals surface area contributed by atoms with Crippen LogP contribution in [0.15, 0.2) is 52.1 Å². The first kappa shape index (κ1) is 12.6. The highest BCUT2D eigenvalue weighted by atomic mass is 35.5. The van der Waals surface area contributed by atoms with E-state index in [1.165, 1.54) is 11.1 Å². The van der Waals surface area contributed by atoms with E-state index in [0.29, 0.717) is 10.2 Å². The van der Waals surface area contributed by atoms with Crippen molar-refractivity contribution in [2.75, 3.05) is 0 Å². The Morgan fingerprint density at radius 1 is 1.16 bits per heavy atom. The molecule has 0 saturated heterocycles. The van der Waals surface area contributed by atoms with Crippen molar-refractivity contribution in [3.05, 3.63) is 58.6 Å². The standard InChI is InChI=1S/C15H12ClNOS/c1-10-2-4-11(5-3-10)9-19-15-17-13-8-12(16)6-7-14(13)18-15/h2-8H,9H2,1H3. The van der Waals surface area contributed by atoms with E-state index in [1.54, 1.807) is 11.8 Å². The molecule has 0 aliphatic rings. The van der Waals surface area contributed by atoms with Crippen molar-refractivity contribution in [1.82, 2.24) is 4.98 Å². The fraction of sp³-hybridized carbons (Fsp3) is 0.133. The molecule has 0 bridgehead atoms. The summed E-state index contributed by atoms with van der Waals surface area (Å²) in [5.74, 6) is 0.848. The van der Waals surface area contributed by atoms with Gasteiger partial charge >= 0.3 is 0 Å². The van der Waals surface area contributed by atoms with Crippen molar-refractivity contribution in [2.45, 2.75) is 17.9 Å². The molecule has 0 atom stereocenters. The molecule has 2 nitrogen and oxygen atoms in total. The number of aryl methyl sites for hydroxylation is 1. The van der Waals surface area contributed by atoms with Crippen molar-refractivity contribution in [2.24, 2.45) is 0 Å². The summed E-state index contributed by atoms with van der Waals surface area (Å²) >= 11 is 7.52. The van der Waals surface area contributed by atoms with Gasteiger partial charge in [-0.05, 0) is 30.7 Å². The predicted octanol–water partition coefficient (Wildman–Crippen LogP) is 5.08. The summed E-state index contributed by atoms with van der Waals surface area (Å²) in [4.78, 5) is 4.42. The van der Waals surface area contributed by atoms with Gasteiger partial charge < -0.3 is 4.42 Å². The van der Waals surface area contributed by atoms with Crippen LogP contribution in [0.25, 0.3) is 11.1 Å². The fourth-order valence-electron chi connectivity index (χ4n) is 1.77. The summed E-state index contributed by atoms with van der Waals surface area (Å²) in [5, 5.41) is 1.36. The first-order chi connectivity index (χ1) is 9.20. The van der Waals surface area contributed by atoms with Gasteiger partial charge in [0.15, 0.2) is 5.58 Å². The smallest absolute Gasteiger partial charge is 0.257 e. The molecular weight excluding hydrogens is 278 g/mol. The van der Waals surface area contributed by atoms with E-state index in [-0.39, 0.29) is 0 Å². The maximum Gasteiger partial charge on any atom is 0.257 e. The molecule has 0 aliphatic heterocycles. The lowest BCUT2D eigenvalue weighted by Crippen LogP contribution is -1.80. The third-order valence-corrected chi connectivity index (χ3v) is 3.95. The van der Waals surface area contributed by atoms with E-state index in [9.17, 15) is 0 Å². The van der Waals surface area contributed by atoms with Gasteiger partial charge in [-0.2, -0.15) is 0 Å². The van der Waals surface area contributed by atoms with Crippen molar-refractivity contribution >= 4 is 34.5 Å². The van der Waals surface area contributed by atoms with Gasteiger partial charge in [0.05, 0.1) is 0 Å². The van der Waals surface area contributed by atoms with Gasteiger partial charge in [0.2, 0.25) is 0 Å². The minimum atomic E-state index is 0.677. The van der Waals surface area contributed by atoms with Gasteiger partial charge in [0, 0.05) is 10.8 Å². The summed E-state index contributed by atoms with van der Waals surface area (Å²) in [7, 11) is 0. The maximum absolute atomic E-state index is 5.93. The van der Waals surface area contributed by atoms with Crippen molar-refractivity contribution in [3.63, 3.8) is 0 Å². The normalized spacial score (nSPS) is 11.1. The Balaban J connectivity index is 1.76. The zero-order valence-electron chi connectivity index (χ0n) is 10.4. The van der Waals surface area contributed by atoms with Crippen LogP contribution in [0.2, 0.25) is 5.02 Å². The minimum absolute atomic E-state index is 0.677. The van der Waals surface area contributed by atoms with Crippen LogP contribution in [-0.2, 0) is 5.75 Å². The fourth-order valence-corrected chi connectivity index (χ4v) is 2.73. The first-order valence-corrected chi connectivity index (χ1v) is 7.31. The Morgan fingerprint density at radius 2 is 1.95 bits per heavy atom. The summed E-state index contributed by atoms with van der Waals surface area (Å²) in [6, 6.07) is 14.0. The van der Waals surface area contributed by atoms with Crippen LogP contribution in [0.4, 0.5) is 0 Å². The number of benzene rings is 2. The molecule has 4 heteroatoms. The van der Waals surface area contributed by atoms with E-state index in [4.69, 9.17) is 16.0 Å². The van der Waals surface area contributed by atoms with Gasteiger partial charge in [-0.1, -0.05) is 53.2 Å². The number of rotatable bonds is 3.